The SMILES string of the molecule is Cc1cccc(C)c1NC(=O)C(C)N1CCCC(C(=O)O)C1.Cl. The third-order valence-corrected chi connectivity index (χ3v) is 4.46. The molecule has 1 aromatic rings. The Morgan fingerprint density at radius 3 is 2.48 bits per heavy atom. The van der Waals surface area contributed by atoms with E-state index >= 15 is 0 Å². The van der Waals surface area contributed by atoms with Gasteiger partial charge in [0.1, 0.15) is 0 Å². The van der Waals surface area contributed by atoms with Crippen LogP contribution in [0.3, 0.4) is 0 Å². The van der Waals surface area contributed by atoms with Crippen LogP contribution in [0.1, 0.15) is 30.9 Å². The summed E-state index contributed by atoms with van der Waals surface area (Å²) in [5.74, 6) is -1.22. The van der Waals surface area contributed by atoms with Crippen molar-refractivity contribution in [1.82, 2.24) is 4.90 Å². The van der Waals surface area contributed by atoms with E-state index in [0.29, 0.717) is 13.0 Å². The number of carboxylic acids is 1. The Kier molecular flexibility index (Phi) is 7.03. The van der Waals surface area contributed by atoms with Gasteiger partial charge in [-0.25, -0.2) is 0 Å². The van der Waals surface area contributed by atoms with Crippen LogP contribution in [0.25, 0.3) is 0 Å². The summed E-state index contributed by atoms with van der Waals surface area (Å²) in [4.78, 5) is 25.6. The molecule has 1 heterocycles. The van der Waals surface area contributed by atoms with Gasteiger partial charge >= 0.3 is 5.97 Å². The highest BCUT2D eigenvalue weighted by Gasteiger charge is 2.30. The molecule has 0 aromatic heterocycles. The van der Waals surface area contributed by atoms with E-state index in [0.717, 1.165) is 29.8 Å². The van der Waals surface area contributed by atoms with Crippen LogP contribution in [-0.2, 0) is 9.59 Å². The third kappa shape index (κ3) is 4.69. The smallest absolute Gasteiger partial charge is 0.307 e. The minimum absolute atomic E-state index is 0. The van der Waals surface area contributed by atoms with Crippen LogP contribution in [0.5, 0.6) is 0 Å². The fourth-order valence-corrected chi connectivity index (χ4v) is 2.96. The van der Waals surface area contributed by atoms with E-state index in [1.807, 2.05) is 43.9 Å². The largest absolute Gasteiger partial charge is 0.481 e. The van der Waals surface area contributed by atoms with Crippen molar-refractivity contribution >= 4 is 30.0 Å². The van der Waals surface area contributed by atoms with Crippen molar-refractivity contribution in [3.8, 4) is 0 Å². The van der Waals surface area contributed by atoms with Gasteiger partial charge in [-0.05, 0) is 51.3 Å². The van der Waals surface area contributed by atoms with E-state index in [4.69, 9.17) is 5.11 Å². The Morgan fingerprint density at radius 1 is 1.30 bits per heavy atom. The number of halogens is 1. The molecule has 1 amide bonds. The lowest BCUT2D eigenvalue weighted by Crippen LogP contribution is -2.48. The number of aryl methyl sites for hydroxylation is 2. The number of amides is 1. The predicted molar refractivity (Wildman–Crippen MR) is 93.2 cm³/mol. The molecule has 0 aliphatic carbocycles. The summed E-state index contributed by atoms with van der Waals surface area (Å²) in [6.07, 6.45) is 1.51. The molecule has 23 heavy (non-hydrogen) atoms. The average molecular weight is 341 g/mol. The van der Waals surface area contributed by atoms with Crippen molar-refractivity contribution in [1.29, 1.82) is 0 Å². The molecular weight excluding hydrogens is 316 g/mol. The molecule has 2 rings (SSSR count). The highest BCUT2D eigenvalue weighted by Crippen LogP contribution is 2.22. The van der Waals surface area contributed by atoms with Crippen molar-refractivity contribution in [3.63, 3.8) is 0 Å². The Morgan fingerprint density at radius 2 is 1.91 bits per heavy atom. The highest BCUT2D eigenvalue weighted by molar-refractivity contribution is 5.96. The van der Waals surface area contributed by atoms with Crippen LogP contribution in [0, 0.1) is 19.8 Å². The second-order valence-electron chi connectivity index (χ2n) is 6.10. The molecule has 0 saturated carbocycles. The van der Waals surface area contributed by atoms with E-state index in [-0.39, 0.29) is 30.3 Å². The minimum Gasteiger partial charge on any atom is -0.481 e. The van der Waals surface area contributed by atoms with Gasteiger partial charge in [0.25, 0.3) is 0 Å². The quantitative estimate of drug-likeness (QED) is 0.884. The number of hydrogen-bond acceptors (Lipinski definition) is 3. The van der Waals surface area contributed by atoms with Crippen LogP contribution >= 0.6 is 12.4 Å². The molecule has 1 saturated heterocycles. The fraction of sp³-hybridized carbons (Fsp3) is 0.529. The van der Waals surface area contributed by atoms with Gasteiger partial charge in [-0.1, -0.05) is 18.2 Å². The van der Waals surface area contributed by atoms with Gasteiger partial charge < -0.3 is 10.4 Å². The van der Waals surface area contributed by atoms with Crippen molar-refractivity contribution in [2.45, 2.75) is 39.7 Å². The second kappa shape index (κ2) is 8.31. The summed E-state index contributed by atoms with van der Waals surface area (Å²) >= 11 is 0. The molecule has 0 spiro atoms. The number of likely N-dealkylation sites (tertiary alicyclic amines) is 1. The van der Waals surface area contributed by atoms with Gasteiger partial charge in [0.2, 0.25) is 5.91 Å². The Bertz CT molecular complexity index is 557. The van der Waals surface area contributed by atoms with E-state index in [1.165, 1.54) is 0 Å². The molecule has 0 bridgehead atoms. The average Bonchev–Trinajstić information content (AvgIpc) is 2.50. The summed E-state index contributed by atoms with van der Waals surface area (Å²) < 4.78 is 0. The Balaban J connectivity index is 0.00000264. The predicted octanol–water partition coefficient (Wildman–Crippen LogP) is 2.85. The van der Waals surface area contributed by atoms with Crippen LogP contribution < -0.4 is 5.32 Å². The number of anilines is 1. The zero-order valence-corrected chi connectivity index (χ0v) is 14.7. The van der Waals surface area contributed by atoms with Crippen LogP contribution in [0.2, 0.25) is 0 Å². The first kappa shape index (κ1) is 19.5. The van der Waals surface area contributed by atoms with Crippen molar-refractivity contribution in [2.75, 3.05) is 18.4 Å². The van der Waals surface area contributed by atoms with E-state index in [2.05, 4.69) is 5.32 Å². The summed E-state index contributed by atoms with van der Waals surface area (Å²) in [5.41, 5.74) is 2.91. The summed E-state index contributed by atoms with van der Waals surface area (Å²) in [6, 6.07) is 5.57. The van der Waals surface area contributed by atoms with Crippen LogP contribution in [-0.4, -0.2) is 41.0 Å². The number of carbonyl (C=O) groups excluding carboxylic acids is 1. The Labute approximate surface area is 143 Å². The number of hydrogen-bond donors (Lipinski definition) is 2. The van der Waals surface area contributed by atoms with E-state index in [1.54, 1.807) is 0 Å². The molecule has 1 aliphatic heterocycles. The van der Waals surface area contributed by atoms with Gasteiger partial charge in [0, 0.05) is 12.2 Å². The van der Waals surface area contributed by atoms with Gasteiger partial charge in [-0.3, -0.25) is 14.5 Å². The number of para-hydroxylation sites is 1. The Hall–Kier alpha value is -1.59. The number of carboxylic acid groups (broad SMARTS) is 1. The highest BCUT2D eigenvalue weighted by atomic mass is 35.5. The molecule has 2 N–H and O–H groups in total. The lowest BCUT2D eigenvalue weighted by molar-refractivity contribution is -0.144. The number of carbonyl (C=O) groups is 2. The number of nitrogens with one attached hydrogen (secondary N) is 1. The molecule has 2 atom stereocenters. The number of rotatable bonds is 4. The molecule has 5 nitrogen and oxygen atoms in total. The fourth-order valence-electron chi connectivity index (χ4n) is 2.96. The number of benzene rings is 1. The second-order valence-corrected chi connectivity index (χ2v) is 6.10. The normalized spacial score (nSPS) is 19.5. The monoisotopic (exact) mass is 340 g/mol. The molecule has 0 radical (unpaired) electrons. The minimum atomic E-state index is -0.771. The maximum Gasteiger partial charge on any atom is 0.307 e. The molecule has 1 aliphatic rings. The molecular formula is C17H25ClN2O3. The van der Waals surface area contributed by atoms with E-state index < -0.39 is 5.97 Å². The van der Waals surface area contributed by atoms with E-state index in [9.17, 15) is 9.59 Å². The zero-order chi connectivity index (χ0) is 16.3. The summed E-state index contributed by atoms with van der Waals surface area (Å²) in [5, 5.41) is 12.1. The third-order valence-electron chi connectivity index (χ3n) is 4.46. The maximum atomic E-state index is 12.5. The lowest BCUT2D eigenvalue weighted by Gasteiger charge is -2.34. The van der Waals surface area contributed by atoms with Gasteiger partial charge in [-0.15, -0.1) is 12.4 Å². The van der Waals surface area contributed by atoms with Gasteiger partial charge in [0.15, 0.2) is 0 Å². The van der Waals surface area contributed by atoms with Crippen molar-refractivity contribution in [3.05, 3.63) is 29.3 Å². The van der Waals surface area contributed by atoms with Gasteiger partial charge in [-0.2, -0.15) is 0 Å². The molecule has 2 unspecified atom stereocenters. The first-order valence-electron chi connectivity index (χ1n) is 7.74. The number of aliphatic carboxylic acids is 1. The van der Waals surface area contributed by atoms with Crippen LogP contribution in [0.15, 0.2) is 18.2 Å². The number of piperidine rings is 1. The molecule has 6 heteroatoms. The first-order chi connectivity index (χ1) is 10.4. The first-order valence-corrected chi connectivity index (χ1v) is 7.74. The molecule has 1 fully saturated rings. The zero-order valence-electron chi connectivity index (χ0n) is 13.8. The lowest BCUT2D eigenvalue weighted by atomic mass is 9.97. The maximum absolute atomic E-state index is 12.5. The summed E-state index contributed by atoms with van der Waals surface area (Å²) in [7, 11) is 0. The summed E-state index contributed by atoms with van der Waals surface area (Å²) in [6.45, 7) is 6.98. The van der Waals surface area contributed by atoms with Gasteiger partial charge in [0.05, 0.1) is 12.0 Å². The molecule has 1 aromatic carbocycles. The molecule has 128 valence electrons. The standard InChI is InChI=1S/C17H24N2O3.ClH/c1-11-6-4-7-12(2)15(11)18-16(20)13(3)19-9-5-8-14(10-19)17(21)22;/h4,6-7,13-14H,5,8-10H2,1-3H3,(H,18,20)(H,21,22);1H. The van der Waals surface area contributed by atoms with Crippen molar-refractivity contribution < 1.29 is 14.7 Å². The van der Waals surface area contributed by atoms with Crippen LogP contribution in [0.4, 0.5) is 5.69 Å². The topological polar surface area (TPSA) is 69.6 Å². The van der Waals surface area contributed by atoms with Crippen molar-refractivity contribution in [2.24, 2.45) is 5.92 Å². The number of nitrogens with zero attached hydrogens (tertiary/aromatic N) is 1.